The zero-order valence-electron chi connectivity index (χ0n) is 18.6. The number of carbonyl (C=O) groups is 1. The van der Waals surface area contributed by atoms with E-state index in [0.29, 0.717) is 30.7 Å². The molecule has 8 heteroatoms. The zero-order chi connectivity index (χ0) is 22.8. The number of anilines is 1. The molecule has 1 amide bonds. The van der Waals surface area contributed by atoms with Crippen LogP contribution in [-0.2, 0) is 11.3 Å². The summed E-state index contributed by atoms with van der Waals surface area (Å²) < 4.78 is 3.17. The molecule has 0 radical (unpaired) electrons. The second kappa shape index (κ2) is 8.90. The molecule has 33 heavy (non-hydrogen) atoms. The first-order valence-electron chi connectivity index (χ1n) is 11.2. The van der Waals surface area contributed by atoms with Crippen LogP contribution in [0.2, 0.25) is 0 Å². The highest BCUT2D eigenvalue weighted by molar-refractivity contribution is 5.77. The van der Waals surface area contributed by atoms with Gasteiger partial charge in [-0.15, -0.1) is 0 Å². The fourth-order valence-corrected chi connectivity index (χ4v) is 4.21. The van der Waals surface area contributed by atoms with Crippen LogP contribution in [-0.4, -0.2) is 56.3 Å². The maximum absolute atomic E-state index is 13.0. The van der Waals surface area contributed by atoms with Crippen LogP contribution in [0.1, 0.15) is 12.0 Å². The SMILES string of the molecule is Cc1ccc(-n2ncc3c(=O)n(CCC(=O)N4CCN(c5ccccc5)CC4)cnc32)cc1. The van der Waals surface area contributed by atoms with Gasteiger partial charge in [0.15, 0.2) is 5.65 Å². The lowest BCUT2D eigenvalue weighted by molar-refractivity contribution is -0.131. The molecule has 1 fully saturated rings. The Kier molecular flexibility index (Phi) is 5.64. The molecule has 2 aromatic carbocycles. The quantitative estimate of drug-likeness (QED) is 0.475. The van der Waals surface area contributed by atoms with Crippen LogP contribution in [0.25, 0.3) is 16.7 Å². The van der Waals surface area contributed by atoms with E-state index in [9.17, 15) is 9.59 Å². The third kappa shape index (κ3) is 4.24. The second-order valence-corrected chi connectivity index (χ2v) is 8.33. The number of amides is 1. The van der Waals surface area contributed by atoms with E-state index >= 15 is 0 Å². The van der Waals surface area contributed by atoms with E-state index < -0.39 is 0 Å². The van der Waals surface area contributed by atoms with Gasteiger partial charge in [-0.05, 0) is 31.2 Å². The predicted molar refractivity (Wildman–Crippen MR) is 128 cm³/mol. The van der Waals surface area contributed by atoms with Gasteiger partial charge in [0.25, 0.3) is 5.56 Å². The van der Waals surface area contributed by atoms with E-state index in [2.05, 4.69) is 27.1 Å². The molecule has 0 saturated carbocycles. The molecule has 0 atom stereocenters. The maximum atomic E-state index is 13.0. The summed E-state index contributed by atoms with van der Waals surface area (Å²) in [6, 6.07) is 18.1. The Morgan fingerprint density at radius 2 is 1.67 bits per heavy atom. The van der Waals surface area contributed by atoms with Gasteiger partial charge in [-0.25, -0.2) is 9.67 Å². The van der Waals surface area contributed by atoms with Gasteiger partial charge < -0.3 is 9.80 Å². The molecular weight excluding hydrogens is 416 g/mol. The standard InChI is InChI=1S/C25H26N6O2/c1-19-7-9-21(10-8-19)31-24-22(17-27-31)25(33)30(18-26-24)12-11-23(32)29-15-13-28(14-16-29)20-5-3-2-4-6-20/h2-10,17-18H,11-16H2,1H3. The third-order valence-corrected chi connectivity index (χ3v) is 6.15. The molecule has 0 aliphatic carbocycles. The summed E-state index contributed by atoms with van der Waals surface area (Å²) in [6.07, 6.45) is 3.33. The first-order chi connectivity index (χ1) is 16.1. The first-order valence-corrected chi connectivity index (χ1v) is 11.2. The third-order valence-electron chi connectivity index (χ3n) is 6.15. The molecule has 2 aromatic heterocycles. The Balaban J connectivity index is 1.24. The van der Waals surface area contributed by atoms with E-state index in [0.717, 1.165) is 24.3 Å². The molecule has 1 aliphatic heterocycles. The summed E-state index contributed by atoms with van der Waals surface area (Å²) in [5.41, 5.74) is 3.52. The Hall–Kier alpha value is -3.94. The normalized spacial score (nSPS) is 14.1. The van der Waals surface area contributed by atoms with Gasteiger partial charge in [0.05, 0.1) is 18.2 Å². The lowest BCUT2D eigenvalue weighted by Crippen LogP contribution is -2.49. The molecule has 8 nitrogen and oxygen atoms in total. The van der Waals surface area contributed by atoms with Crippen molar-refractivity contribution in [3.63, 3.8) is 0 Å². The van der Waals surface area contributed by atoms with Gasteiger partial charge in [0.1, 0.15) is 5.39 Å². The fourth-order valence-electron chi connectivity index (χ4n) is 4.21. The molecule has 168 valence electrons. The predicted octanol–water partition coefficient (Wildman–Crippen LogP) is 2.63. The number of fused-ring (bicyclic) bond motifs is 1. The van der Waals surface area contributed by atoms with Gasteiger partial charge >= 0.3 is 0 Å². The number of carbonyl (C=O) groups excluding carboxylic acids is 1. The fraction of sp³-hybridized carbons (Fsp3) is 0.280. The van der Waals surface area contributed by atoms with Crippen LogP contribution >= 0.6 is 0 Å². The van der Waals surface area contributed by atoms with Crippen molar-refractivity contribution in [2.75, 3.05) is 31.1 Å². The number of aromatic nitrogens is 4. The van der Waals surface area contributed by atoms with E-state index in [1.54, 1.807) is 10.9 Å². The Morgan fingerprint density at radius 1 is 0.939 bits per heavy atom. The molecule has 0 unspecified atom stereocenters. The minimum absolute atomic E-state index is 0.0602. The van der Waals surface area contributed by atoms with Gasteiger partial charge in [-0.3, -0.25) is 14.2 Å². The first kappa shape index (κ1) is 20.9. The van der Waals surface area contributed by atoms with Crippen molar-refractivity contribution in [2.24, 2.45) is 0 Å². The minimum Gasteiger partial charge on any atom is -0.368 e. The molecule has 3 heterocycles. The van der Waals surface area contributed by atoms with Crippen LogP contribution in [0.4, 0.5) is 5.69 Å². The van der Waals surface area contributed by atoms with Crippen molar-refractivity contribution in [2.45, 2.75) is 19.9 Å². The minimum atomic E-state index is -0.181. The van der Waals surface area contributed by atoms with Gasteiger partial charge in [0.2, 0.25) is 5.91 Å². The van der Waals surface area contributed by atoms with Gasteiger partial charge in [-0.2, -0.15) is 5.10 Å². The Morgan fingerprint density at radius 3 is 2.39 bits per heavy atom. The maximum Gasteiger partial charge on any atom is 0.264 e. The van der Waals surface area contributed by atoms with Crippen molar-refractivity contribution in [3.8, 4) is 5.69 Å². The molecule has 1 aliphatic rings. The molecule has 5 rings (SSSR count). The molecule has 0 spiro atoms. The van der Waals surface area contributed by atoms with Crippen molar-refractivity contribution in [1.29, 1.82) is 0 Å². The summed E-state index contributed by atoms with van der Waals surface area (Å²) in [5, 5.41) is 4.81. The smallest absolute Gasteiger partial charge is 0.264 e. The zero-order valence-corrected chi connectivity index (χ0v) is 18.6. The van der Waals surface area contributed by atoms with Crippen molar-refractivity contribution >= 4 is 22.6 Å². The average molecular weight is 443 g/mol. The van der Waals surface area contributed by atoms with Gasteiger partial charge in [-0.1, -0.05) is 35.9 Å². The van der Waals surface area contributed by atoms with Crippen LogP contribution in [0.15, 0.2) is 71.9 Å². The largest absolute Gasteiger partial charge is 0.368 e. The monoisotopic (exact) mass is 442 g/mol. The summed E-state index contributed by atoms with van der Waals surface area (Å²) in [5.74, 6) is 0.0602. The van der Waals surface area contributed by atoms with E-state index in [1.165, 1.54) is 16.6 Å². The number of para-hydroxylation sites is 1. The Labute approximate surface area is 191 Å². The van der Waals surface area contributed by atoms with E-state index in [4.69, 9.17) is 0 Å². The van der Waals surface area contributed by atoms with Crippen LogP contribution in [0, 0.1) is 6.92 Å². The summed E-state index contributed by atoms with van der Waals surface area (Å²) in [7, 11) is 0. The lowest BCUT2D eigenvalue weighted by Gasteiger charge is -2.36. The van der Waals surface area contributed by atoms with Crippen LogP contribution < -0.4 is 10.5 Å². The molecule has 4 aromatic rings. The summed E-state index contributed by atoms with van der Waals surface area (Å²) in [6.45, 7) is 5.30. The van der Waals surface area contributed by atoms with Gasteiger partial charge in [0, 0.05) is 44.8 Å². The number of hydrogen-bond donors (Lipinski definition) is 0. The van der Waals surface area contributed by atoms with E-state index in [-0.39, 0.29) is 17.9 Å². The molecule has 1 saturated heterocycles. The highest BCUT2D eigenvalue weighted by atomic mass is 16.2. The van der Waals surface area contributed by atoms with Crippen molar-refractivity contribution < 1.29 is 4.79 Å². The van der Waals surface area contributed by atoms with Crippen molar-refractivity contribution in [3.05, 3.63) is 83.0 Å². The summed E-state index contributed by atoms with van der Waals surface area (Å²) in [4.78, 5) is 34.4. The highest BCUT2D eigenvalue weighted by Crippen LogP contribution is 2.17. The number of rotatable bonds is 5. The number of nitrogens with zero attached hydrogens (tertiary/aromatic N) is 6. The number of piperazine rings is 1. The van der Waals surface area contributed by atoms with E-state index in [1.807, 2.05) is 54.3 Å². The number of hydrogen-bond acceptors (Lipinski definition) is 5. The molecule has 0 N–H and O–H groups in total. The molecular formula is C25H26N6O2. The van der Waals surface area contributed by atoms with Crippen LogP contribution in [0.5, 0.6) is 0 Å². The highest BCUT2D eigenvalue weighted by Gasteiger charge is 2.21. The Bertz CT molecular complexity index is 1320. The lowest BCUT2D eigenvalue weighted by atomic mass is 10.2. The second-order valence-electron chi connectivity index (χ2n) is 8.33. The van der Waals surface area contributed by atoms with Crippen molar-refractivity contribution in [1.82, 2.24) is 24.2 Å². The summed E-state index contributed by atoms with van der Waals surface area (Å²) >= 11 is 0. The number of benzene rings is 2. The number of aryl methyl sites for hydroxylation is 2. The van der Waals surface area contributed by atoms with Crippen LogP contribution in [0.3, 0.4) is 0 Å². The molecule has 0 bridgehead atoms. The average Bonchev–Trinajstić information content (AvgIpc) is 3.29. The topological polar surface area (TPSA) is 76.3 Å².